The molecule has 0 saturated carbocycles. The molecule has 1 fully saturated rings. The van der Waals surface area contributed by atoms with E-state index in [1.54, 1.807) is 18.2 Å². The fraction of sp³-hybridized carbons (Fsp3) is 0.214. The summed E-state index contributed by atoms with van der Waals surface area (Å²) in [4.78, 5) is 16.1. The van der Waals surface area contributed by atoms with Gasteiger partial charge in [0.2, 0.25) is 0 Å². The van der Waals surface area contributed by atoms with Crippen LogP contribution in [-0.2, 0) is 0 Å². The molecule has 3 aromatic carbocycles. The molecule has 5 nitrogen and oxygen atoms in total. The van der Waals surface area contributed by atoms with Crippen LogP contribution in [0.1, 0.15) is 29.3 Å². The Balaban J connectivity index is 1.45. The van der Waals surface area contributed by atoms with Crippen molar-refractivity contribution >= 4 is 17.4 Å². The second-order valence-electron chi connectivity index (χ2n) is 8.43. The van der Waals surface area contributed by atoms with E-state index in [1.165, 1.54) is 0 Å². The summed E-state index contributed by atoms with van der Waals surface area (Å²) in [5.74, 6) is 1.00. The molecule has 34 heavy (non-hydrogen) atoms. The first-order valence-electron chi connectivity index (χ1n) is 11.5. The first-order valence-corrected chi connectivity index (χ1v) is 11.9. The molecular formula is C28H25ClN2O3. The maximum absolute atomic E-state index is 13.7. The number of aromatic nitrogens is 1. The second-order valence-corrected chi connectivity index (χ2v) is 8.84. The van der Waals surface area contributed by atoms with Crippen LogP contribution in [0.25, 0.3) is 22.6 Å². The van der Waals surface area contributed by atoms with Crippen molar-refractivity contribution in [2.24, 2.45) is 0 Å². The average Bonchev–Trinajstić information content (AvgIpc) is 3.28. The minimum absolute atomic E-state index is 0.181. The normalized spacial score (nSPS) is 14.1. The van der Waals surface area contributed by atoms with Crippen molar-refractivity contribution in [2.45, 2.75) is 19.4 Å². The third-order valence-electron chi connectivity index (χ3n) is 5.97. The van der Waals surface area contributed by atoms with Gasteiger partial charge in [-0.1, -0.05) is 72.2 Å². The van der Waals surface area contributed by atoms with Gasteiger partial charge in [-0.3, -0.25) is 9.69 Å². The number of nitrogens with zero attached hydrogens (tertiary/aromatic N) is 2. The zero-order chi connectivity index (χ0) is 23.5. The lowest BCUT2D eigenvalue weighted by Gasteiger charge is -2.38. The summed E-state index contributed by atoms with van der Waals surface area (Å²) in [7, 11) is 0. The van der Waals surface area contributed by atoms with Gasteiger partial charge in [-0.05, 0) is 43.3 Å². The van der Waals surface area contributed by atoms with Crippen molar-refractivity contribution in [2.75, 3.05) is 19.6 Å². The van der Waals surface area contributed by atoms with Gasteiger partial charge in [0.25, 0.3) is 0 Å². The van der Waals surface area contributed by atoms with Crippen LogP contribution in [0.5, 0.6) is 5.75 Å². The Kier molecular flexibility index (Phi) is 6.48. The molecule has 0 bridgehead atoms. The minimum atomic E-state index is -0.181. The molecule has 0 aliphatic carbocycles. The molecule has 0 amide bonds. The molecule has 1 aromatic heterocycles. The molecule has 0 spiro atoms. The van der Waals surface area contributed by atoms with E-state index in [4.69, 9.17) is 20.9 Å². The van der Waals surface area contributed by atoms with Crippen molar-refractivity contribution in [3.05, 3.63) is 95.0 Å². The first-order chi connectivity index (χ1) is 16.6. The Bertz CT molecular complexity index is 1280. The standard InChI is InChI=1S/C28H25ClN2O3/c1-2-16-31-17-22(18-31)33-21-14-12-19(13-15-21)27(32)25-26(23-10-6-7-11-24(23)29)30-34-28(25)20-8-4-3-5-9-20/h3-15,22H,2,16-18H2,1H3. The molecule has 1 saturated heterocycles. The van der Waals surface area contributed by atoms with Gasteiger partial charge in [0.1, 0.15) is 17.5 Å². The summed E-state index contributed by atoms with van der Waals surface area (Å²) < 4.78 is 11.8. The third kappa shape index (κ3) is 4.49. The lowest BCUT2D eigenvalue weighted by molar-refractivity contribution is 0.0202. The van der Waals surface area contributed by atoms with Crippen LogP contribution in [0, 0.1) is 0 Å². The Morgan fingerprint density at radius 1 is 1.03 bits per heavy atom. The van der Waals surface area contributed by atoms with Crippen LogP contribution in [0.2, 0.25) is 5.02 Å². The van der Waals surface area contributed by atoms with Gasteiger partial charge in [-0.25, -0.2) is 0 Å². The van der Waals surface area contributed by atoms with E-state index >= 15 is 0 Å². The van der Waals surface area contributed by atoms with Gasteiger partial charge in [0, 0.05) is 29.8 Å². The molecule has 0 N–H and O–H groups in total. The van der Waals surface area contributed by atoms with Gasteiger partial charge >= 0.3 is 0 Å². The summed E-state index contributed by atoms with van der Waals surface area (Å²) in [6.07, 6.45) is 1.34. The van der Waals surface area contributed by atoms with Crippen molar-refractivity contribution in [1.29, 1.82) is 0 Å². The highest BCUT2D eigenvalue weighted by Crippen LogP contribution is 2.37. The number of benzene rings is 3. The zero-order valence-electron chi connectivity index (χ0n) is 18.9. The predicted octanol–water partition coefficient (Wildman–Crippen LogP) is 6.37. The highest BCUT2D eigenvalue weighted by atomic mass is 35.5. The van der Waals surface area contributed by atoms with Gasteiger partial charge < -0.3 is 9.26 Å². The Morgan fingerprint density at radius 3 is 2.44 bits per heavy atom. The van der Waals surface area contributed by atoms with Gasteiger partial charge in [-0.15, -0.1) is 0 Å². The minimum Gasteiger partial charge on any atom is -0.488 e. The third-order valence-corrected chi connectivity index (χ3v) is 6.30. The zero-order valence-corrected chi connectivity index (χ0v) is 19.7. The highest BCUT2D eigenvalue weighted by Gasteiger charge is 2.29. The largest absolute Gasteiger partial charge is 0.488 e. The van der Waals surface area contributed by atoms with Crippen LogP contribution in [0.15, 0.2) is 83.4 Å². The van der Waals surface area contributed by atoms with Crippen LogP contribution >= 0.6 is 11.6 Å². The molecule has 6 heteroatoms. The molecule has 2 heterocycles. The van der Waals surface area contributed by atoms with Crippen LogP contribution < -0.4 is 4.74 Å². The first kappa shape index (κ1) is 22.4. The number of ketones is 1. The number of ether oxygens (including phenoxy) is 1. The lowest BCUT2D eigenvalue weighted by atomic mass is 9.95. The van der Waals surface area contributed by atoms with E-state index in [-0.39, 0.29) is 11.9 Å². The van der Waals surface area contributed by atoms with E-state index in [1.807, 2.05) is 60.7 Å². The molecule has 1 aliphatic rings. The van der Waals surface area contributed by atoms with Crippen LogP contribution in [0.4, 0.5) is 0 Å². The van der Waals surface area contributed by atoms with Crippen molar-refractivity contribution < 1.29 is 14.1 Å². The number of carbonyl (C=O) groups is 1. The smallest absolute Gasteiger partial charge is 0.199 e. The molecule has 0 unspecified atom stereocenters. The summed E-state index contributed by atoms with van der Waals surface area (Å²) >= 11 is 6.44. The molecule has 4 aromatic rings. The number of rotatable bonds is 8. The van der Waals surface area contributed by atoms with Crippen LogP contribution in [0.3, 0.4) is 0 Å². The van der Waals surface area contributed by atoms with E-state index in [2.05, 4.69) is 17.0 Å². The number of halogens is 1. The monoisotopic (exact) mass is 472 g/mol. The Hall–Kier alpha value is -3.41. The fourth-order valence-corrected chi connectivity index (χ4v) is 4.47. The summed E-state index contributed by atoms with van der Waals surface area (Å²) in [6, 6.07) is 24.1. The quantitative estimate of drug-likeness (QED) is 0.279. The predicted molar refractivity (Wildman–Crippen MR) is 133 cm³/mol. The van der Waals surface area contributed by atoms with E-state index in [9.17, 15) is 4.79 Å². The number of likely N-dealkylation sites (tertiary alicyclic amines) is 1. The Morgan fingerprint density at radius 2 is 1.74 bits per heavy atom. The fourth-order valence-electron chi connectivity index (χ4n) is 4.24. The lowest BCUT2D eigenvalue weighted by Crippen LogP contribution is -2.53. The molecule has 172 valence electrons. The van der Waals surface area contributed by atoms with Crippen molar-refractivity contribution in [1.82, 2.24) is 10.1 Å². The molecule has 5 rings (SSSR count). The summed E-state index contributed by atoms with van der Waals surface area (Å²) in [6.45, 7) is 5.16. The van der Waals surface area contributed by atoms with E-state index in [0.717, 1.165) is 37.4 Å². The van der Waals surface area contributed by atoms with Gasteiger partial charge in [0.05, 0.1) is 10.6 Å². The molecule has 0 atom stereocenters. The van der Waals surface area contributed by atoms with Crippen molar-refractivity contribution in [3.63, 3.8) is 0 Å². The molecular weight excluding hydrogens is 448 g/mol. The maximum Gasteiger partial charge on any atom is 0.199 e. The number of carbonyl (C=O) groups excluding carboxylic acids is 1. The van der Waals surface area contributed by atoms with E-state index in [0.29, 0.717) is 33.2 Å². The summed E-state index contributed by atoms with van der Waals surface area (Å²) in [5.41, 5.74) is 2.78. The Labute approximate surface area is 203 Å². The van der Waals surface area contributed by atoms with Crippen LogP contribution in [-0.4, -0.2) is 41.6 Å². The van der Waals surface area contributed by atoms with E-state index < -0.39 is 0 Å². The SMILES string of the molecule is CCCN1CC(Oc2ccc(C(=O)c3c(-c4ccccc4Cl)noc3-c3ccccc3)cc2)C1. The topological polar surface area (TPSA) is 55.6 Å². The second kappa shape index (κ2) is 9.84. The maximum atomic E-state index is 13.7. The van der Waals surface area contributed by atoms with Gasteiger partial charge in [0.15, 0.2) is 11.5 Å². The molecule has 0 radical (unpaired) electrons. The average molecular weight is 473 g/mol. The summed E-state index contributed by atoms with van der Waals surface area (Å²) in [5, 5.41) is 4.76. The van der Waals surface area contributed by atoms with Gasteiger partial charge in [-0.2, -0.15) is 0 Å². The number of hydrogen-bond acceptors (Lipinski definition) is 5. The highest BCUT2D eigenvalue weighted by molar-refractivity contribution is 6.33. The molecule has 1 aliphatic heterocycles. The number of hydrogen-bond donors (Lipinski definition) is 0. The van der Waals surface area contributed by atoms with Crippen molar-refractivity contribution in [3.8, 4) is 28.3 Å².